The number of furan rings is 1. The van der Waals surface area contributed by atoms with Gasteiger partial charge in [0.05, 0.1) is 6.04 Å². The second kappa shape index (κ2) is 4.84. The summed E-state index contributed by atoms with van der Waals surface area (Å²) in [5.74, 6) is 0.680. The monoisotopic (exact) mass is 313 g/mol. The number of hydrogen-bond donors (Lipinski definition) is 1. The molecule has 0 spiro atoms. The molecule has 2 aromatic rings. The Bertz CT molecular complexity index is 550. The van der Waals surface area contributed by atoms with E-state index in [1.807, 2.05) is 19.9 Å². The predicted octanol–water partition coefficient (Wildman–Crippen LogP) is 4.36. The van der Waals surface area contributed by atoms with Gasteiger partial charge in [-0.05, 0) is 60.3 Å². The van der Waals surface area contributed by atoms with E-state index < -0.39 is 0 Å². The standard InChI is InChI=1S/C13H13BrClNO/c1-7-6-10(14)8(2)5-9(7)13(16)11-3-4-12(15)17-11/h3-6,13H,16H2,1-2H3. The highest BCUT2D eigenvalue weighted by Gasteiger charge is 2.16. The van der Waals surface area contributed by atoms with E-state index in [1.165, 1.54) is 0 Å². The molecule has 1 aromatic heterocycles. The summed E-state index contributed by atoms with van der Waals surface area (Å²) in [4.78, 5) is 0. The van der Waals surface area contributed by atoms with Crippen LogP contribution in [-0.4, -0.2) is 0 Å². The van der Waals surface area contributed by atoms with Crippen LogP contribution < -0.4 is 5.73 Å². The van der Waals surface area contributed by atoms with Crippen molar-refractivity contribution in [1.82, 2.24) is 0 Å². The first-order valence-electron chi connectivity index (χ1n) is 5.26. The molecule has 4 heteroatoms. The number of aryl methyl sites for hydroxylation is 2. The van der Waals surface area contributed by atoms with E-state index >= 15 is 0 Å². The lowest BCUT2D eigenvalue weighted by Gasteiger charge is -2.14. The maximum absolute atomic E-state index is 6.18. The van der Waals surface area contributed by atoms with Crippen molar-refractivity contribution >= 4 is 27.5 Å². The Balaban J connectivity index is 2.43. The molecule has 90 valence electrons. The van der Waals surface area contributed by atoms with Crippen LogP contribution in [0.5, 0.6) is 0 Å². The highest BCUT2D eigenvalue weighted by atomic mass is 79.9. The molecule has 1 unspecified atom stereocenters. The molecular formula is C13H13BrClNO. The molecular weight excluding hydrogens is 302 g/mol. The smallest absolute Gasteiger partial charge is 0.193 e. The molecule has 0 bridgehead atoms. The molecule has 0 aliphatic heterocycles. The van der Waals surface area contributed by atoms with Crippen molar-refractivity contribution in [3.63, 3.8) is 0 Å². The van der Waals surface area contributed by atoms with Gasteiger partial charge in [0.15, 0.2) is 5.22 Å². The molecule has 0 saturated heterocycles. The van der Waals surface area contributed by atoms with Gasteiger partial charge in [-0.2, -0.15) is 0 Å². The van der Waals surface area contributed by atoms with E-state index in [0.717, 1.165) is 21.2 Å². The lowest BCUT2D eigenvalue weighted by molar-refractivity contribution is 0.491. The van der Waals surface area contributed by atoms with Crippen molar-refractivity contribution in [1.29, 1.82) is 0 Å². The Kier molecular flexibility index (Phi) is 3.61. The molecule has 0 saturated carbocycles. The molecule has 2 N–H and O–H groups in total. The third-order valence-corrected chi connectivity index (χ3v) is 3.84. The predicted molar refractivity (Wildman–Crippen MR) is 73.4 cm³/mol. The molecule has 17 heavy (non-hydrogen) atoms. The number of nitrogens with two attached hydrogens (primary N) is 1. The van der Waals surface area contributed by atoms with Gasteiger partial charge in [0, 0.05) is 4.47 Å². The third-order valence-electron chi connectivity index (χ3n) is 2.78. The Labute approximate surface area is 114 Å². The topological polar surface area (TPSA) is 39.2 Å². The average Bonchev–Trinajstić information content (AvgIpc) is 2.69. The van der Waals surface area contributed by atoms with Gasteiger partial charge in [0.25, 0.3) is 0 Å². The van der Waals surface area contributed by atoms with E-state index in [0.29, 0.717) is 11.0 Å². The van der Waals surface area contributed by atoms with E-state index in [4.69, 9.17) is 21.8 Å². The molecule has 0 radical (unpaired) electrons. The first-order chi connectivity index (χ1) is 7.99. The molecule has 0 aliphatic rings. The molecule has 1 heterocycles. The van der Waals surface area contributed by atoms with Crippen LogP contribution in [0.25, 0.3) is 0 Å². The fraction of sp³-hybridized carbons (Fsp3) is 0.231. The Morgan fingerprint density at radius 2 is 1.94 bits per heavy atom. The van der Waals surface area contributed by atoms with Crippen LogP contribution in [0.2, 0.25) is 5.22 Å². The lowest BCUT2D eigenvalue weighted by Crippen LogP contribution is -2.12. The number of benzene rings is 1. The summed E-state index contributed by atoms with van der Waals surface area (Å²) in [6.07, 6.45) is 0. The minimum atomic E-state index is -0.283. The second-order valence-corrected chi connectivity index (χ2v) is 5.30. The van der Waals surface area contributed by atoms with Crippen LogP contribution in [0.3, 0.4) is 0 Å². The van der Waals surface area contributed by atoms with Gasteiger partial charge in [-0.1, -0.05) is 22.0 Å². The number of rotatable bonds is 2. The zero-order valence-corrected chi connectivity index (χ0v) is 12.0. The molecule has 1 atom stereocenters. The zero-order valence-electron chi connectivity index (χ0n) is 9.63. The largest absolute Gasteiger partial charge is 0.448 e. The van der Waals surface area contributed by atoms with Crippen LogP contribution in [-0.2, 0) is 0 Å². The summed E-state index contributed by atoms with van der Waals surface area (Å²) >= 11 is 9.26. The summed E-state index contributed by atoms with van der Waals surface area (Å²) in [5.41, 5.74) is 9.51. The maximum atomic E-state index is 6.18. The number of halogens is 2. The fourth-order valence-corrected chi connectivity index (χ4v) is 2.40. The Morgan fingerprint density at radius 1 is 1.24 bits per heavy atom. The van der Waals surface area contributed by atoms with E-state index in [1.54, 1.807) is 6.07 Å². The highest BCUT2D eigenvalue weighted by molar-refractivity contribution is 9.10. The summed E-state index contributed by atoms with van der Waals surface area (Å²) in [6, 6.07) is 7.37. The van der Waals surface area contributed by atoms with Crippen LogP contribution in [0.15, 0.2) is 33.2 Å². The first-order valence-corrected chi connectivity index (χ1v) is 6.43. The van der Waals surface area contributed by atoms with Crippen LogP contribution in [0.1, 0.15) is 28.5 Å². The third kappa shape index (κ3) is 2.57. The van der Waals surface area contributed by atoms with Gasteiger partial charge >= 0.3 is 0 Å². The van der Waals surface area contributed by atoms with E-state index in [-0.39, 0.29) is 6.04 Å². The number of hydrogen-bond acceptors (Lipinski definition) is 2. The van der Waals surface area contributed by atoms with Crippen LogP contribution in [0.4, 0.5) is 0 Å². The quantitative estimate of drug-likeness (QED) is 0.894. The minimum absolute atomic E-state index is 0.283. The van der Waals surface area contributed by atoms with E-state index in [9.17, 15) is 0 Å². The molecule has 2 rings (SSSR count). The van der Waals surface area contributed by atoms with Crippen molar-refractivity contribution in [2.75, 3.05) is 0 Å². The van der Waals surface area contributed by atoms with Gasteiger partial charge in [-0.3, -0.25) is 0 Å². The van der Waals surface area contributed by atoms with Crippen LogP contribution in [0, 0.1) is 13.8 Å². The summed E-state index contributed by atoms with van der Waals surface area (Å²) in [7, 11) is 0. The van der Waals surface area contributed by atoms with Crippen molar-refractivity contribution in [2.24, 2.45) is 5.73 Å². The van der Waals surface area contributed by atoms with Crippen molar-refractivity contribution < 1.29 is 4.42 Å². The zero-order chi connectivity index (χ0) is 12.6. The van der Waals surface area contributed by atoms with Gasteiger partial charge in [0.2, 0.25) is 0 Å². The van der Waals surface area contributed by atoms with Gasteiger partial charge in [0.1, 0.15) is 5.76 Å². The van der Waals surface area contributed by atoms with Gasteiger partial charge in [-0.25, -0.2) is 0 Å². The molecule has 0 fully saturated rings. The van der Waals surface area contributed by atoms with E-state index in [2.05, 4.69) is 28.1 Å². The first kappa shape index (κ1) is 12.7. The fourth-order valence-electron chi connectivity index (χ4n) is 1.79. The van der Waals surface area contributed by atoms with Crippen LogP contribution >= 0.6 is 27.5 Å². The second-order valence-electron chi connectivity index (χ2n) is 4.08. The SMILES string of the molecule is Cc1cc(C(N)c2ccc(Cl)o2)c(C)cc1Br. The van der Waals surface area contributed by atoms with Gasteiger partial charge in [-0.15, -0.1) is 0 Å². The van der Waals surface area contributed by atoms with Crippen molar-refractivity contribution in [2.45, 2.75) is 19.9 Å². The van der Waals surface area contributed by atoms with Crippen molar-refractivity contribution in [3.05, 3.63) is 56.4 Å². The van der Waals surface area contributed by atoms with Gasteiger partial charge < -0.3 is 10.2 Å². The molecule has 0 aliphatic carbocycles. The highest BCUT2D eigenvalue weighted by Crippen LogP contribution is 2.29. The summed E-state index contributed by atoms with van der Waals surface area (Å²) in [6.45, 7) is 4.07. The normalized spacial score (nSPS) is 12.8. The summed E-state index contributed by atoms with van der Waals surface area (Å²) in [5, 5.41) is 0.363. The average molecular weight is 315 g/mol. The molecule has 0 amide bonds. The Morgan fingerprint density at radius 3 is 2.53 bits per heavy atom. The maximum Gasteiger partial charge on any atom is 0.193 e. The Hall–Kier alpha value is -0.770. The van der Waals surface area contributed by atoms with Crippen molar-refractivity contribution in [3.8, 4) is 0 Å². The summed E-state index contributed by atoms with van der Waals surface area (Å²) < 4.78 is 6.44. The molecule has 1 aromatic carbocycles. The molecule has 2 nitrogen and oxygen atoms in total. The minimum Gasteiger partial charge on any atom is -0.448 e. The lowest BCUT2D eigenvalue weighted by atomic mass is 9.98.